The van der Waals surface area contributed by atoms with E-state index in [1.165, 1.54) is 18.4 Å². The van der Waals surface area contributed by atoms with Gasteiger partial charge in [0.25, 0.3) is 0 Å². The summed E-state index contributed by atoms with van der Waals surface area (Å²) >= 11 is 0. The lowest BCUT2D eigenvalue weighted by molar-refractivity contribution is -0.0291. The van der Waals surface area contributed by atoms with Crippen molar-refractivity contribution < 1.29 is 9.47 Å². The summed E-state index contributed by atoms with van der Waals surface area (Å²) in [5.41, 5.74) is 1.21. The Bertz CT molecular complexity index is 405. The summed E-state index contributed by atoms with van der Waals surface area (Å²) in [7, 11) is 1.68. The number of methoxy groups -OCH3 is 1. The number of nitrogens with one attached hydrogen (secondary N) is 1. The molecule has 1 saturated carbocycles. The Kier molecular flexibility index (Phi) is 5.80. The van der Waals surface area contributed by atoms with Gasteiger partial charge in [-0.3, -0.25) is 4.98 Å². The second-order valence-corrected chi connectivity index (χ2v) is 5.42. The van der Waals surface area contributed by atoms with E-state index in [4.69, 9.17) is 9.47 Å². The van der Waals surface area contributed by atoms with E-state index in [1.54, 1.807) is 13.3 Å². The van der Waals surface area contributed by atoms with E-state index < -0.39 is 0 Å². The van der Waals surface area contributed by atoms with Crippen molar-refractivity contribution in [2.75, 3.05) is 20.3 Å². The summed E-state index contributed by atoms with van der Waals surface area (Å²) < 4.78 is 10.9. The minimum Gasteiger partial charge on any atom is -0.495 e. The molecule has 0 radical (unpaired) electrons. The van der Waals surface area contributed by atoms with Gasteiger partial charge in [-0.05, 0) is 50.3 Å². The molecule has 20 heavy (non-hydrogen) atoms. The molecule has 0 aliphatic heterocycles. The number of rotatable bonds is 8. The number of aromatic nitrogens is 1. The lowest BCUT2D eigenvalue weighted by Gasteiger charge is -2.37. The molecule has 1 aromatic heterocycles. The smallest absolute Gasteiger partial charge is 0.137 e. The van der Waals surface area contributed by atoms with Gasteiger partial charge in [0.05, 0.1) is 19.4 Å². The lowest BCUT2D eigenvalue weighted by atomic mass is 9.77. The first-order valence-corrected chi connectivity index (χ1v) is 7.60. The second kappa shape index (κ2) is 7.60. The average Bonchev–Trinajstić information content (AvgIpc) is 2.44. The van der Waals surface area contributed by atoms with Gasteiger partial charge in [-0.2, -0.15) is 0 Å². The molecule has 112 valence electrons. The van der Waals surface area contributed by atoms with Crippen LogP contribution in [0.15, 0.2) is 18.5 Å². The maximum absolute atomic E-state index is 5.64. The van der Waals surface area contributed by atoms with Gasteiger partial charge in [-0.15, -0.1) is 0 Å². The molecule has 1 atom stereocenters. The largest absolute Gasteiger partial charge is 0.495 e. The number of pyridine rings is 1. The average molecular weight is 278 g/mol. The molecule has 1 heterocycles. The maximum atomic E-state index is 5.64. The molecule has 1 aromatic rings. The summed E-state index contributed by atoms with van der Waals surface area (Å²) in [6, 6.07) is 2.44. The Morgan fingerprint density at radius 1 is 1.35 bits per heavy atom. The second-order valence-electron chi connectivity index (χ2n) is 5.42. The summed E-state index contributed by atoms with van der Waals surface area (Å²) in [6.45, 7) is 6.00. The quantitative estimate of drug-likeness (QED) is 0.794. The van der Waals surface area contributed by atoms with Crippen LogP contribution in [0.25, 0.3) is 0 Å². The minimum absolute atomic E-state index is 0.357. The first-order chi connectivity index (χ1) is 9.76. The number of nitrogens with zero attached hydrogens (tertiary/aromatic N) is 1. The summed E-state index contributed by atoms with van der Waals surface area (Å²) in [5.74, 6) is 1.58. The third kappa shape index (κ3) is 3.93. The van der Waals surface area contributed by atoms with Gasteiger partial charge in [0.1, 0.15) is 5.75 Å². The van der Waals surface area contributed by atoms with Gasteiger partial charge < -0.3 is 14.8 Å². The number of hydrogen-bond donors (Lipinski definition) is 1. The Balaban J connectivity index is 1.93. The van der Waals surface area contributed by atoms with Crippen LogP contribution in [0.3, 0.4) is 0 Å². The van der Waals surface area contributed by atoms with E-state index in [1.807, 2.05) is 6.20 Å². The van der Waals surface area contributed by atoms with Crippen molar-refractivity contribution >= 4 is 0 Å². The molecule has 1 aliphatic rings. The van der Waals surface area contributed by atoms with Crippen LogP contribution >= 0.6 is 0 Å². The number of ether oxygens (including phenoxy) is 2. The predicted octanol–water partition coefficient (Wildman–Crippen LogP) is 2.95. The van der Waals surface area contributed by atoms with Crippen LogP contribution in [0, 0.1) is 5.92 Å². The van der Waals surface area contributed by atoms with Crippen molar-refractivity contribution in [2.24, 2.45) is 5.92 Å². The van der Waals surface area contributed by atoms with Gasteiger partial charge in [-0.1, -0.05) is 6.92 Å². The van der Waals surface area contributed by atoms with Crippen LogP contribution in [0.5, 0.6) is 5.75 Å². The molecule has 0 bridgehead atoms. The van der Waals surface area contributed by atoms with Crippen LogP contribution in [-0.4, -0.2) is 31.3 Å². The van der Waals surface area contributed by atoms with Crippen molar-refractivity contribution in [1.29, 1.82) is 0 Å². The third-order valence-corrected chi connectivity index (χ3v) is 3.99. The molecule has 1 aliphatic carbocycles. The highest BCUT2D eigenvalue weighted by Gasteiger charge is 2.31. The zero-order valence-corrected chi connectivity index (χ0v) is 12.8. The summed E-state index contributed by atoms with van der Waals surface area (Å²) in [5, 5.41) is 3.56. The van der Waals surface area contributed by atoms with E-state index in [0.717, 1.165) is 31.2 Å². The maximum Gasteiger partial charge on any atom is 0.137 e. The molecule has 2 rings (SSSR count). The van der Waals surface area contributed by atoms with Gasteiger partial charge in [0.15, 0.2) is 0 Å². The molecule has 0 aromatic carbocycles. The fraction of sp³-hybridized carbons (Fsp3) is 0.688. The van der Waals surface area contributed by atoms with Crippen molar-refractivity contribution in [1.82, 2.24) is 10.3 Å². The fourth-order valence-electron chi connectivity index (χ4n) is 2.89. The van der Waals surface area contributed by atoms with Crippen molar-refractivity contribution in [3.63, 3.8) is 0 Å². The molecule has 0 saturated heterocycles. The summed E-state index contributed by atoms with van der Waals surface area (Å²) in [6.07, 6.45) is 7.69. The monoisotopic (exact) mass is 278 g/mol. The van der Waals surface area contributed by atoms with E-state index in [-0.39, 0.29) is 0 Å². The fourth-order valence-corrected chi connectivity index (χ4v) is 2.89. The highest BCUT2D eigenvalue weighted by Crippen LogP contribution is 2.37. The highest BCUT2D eigenvalue weighted by molar-refractivity contribution is 5.26. The molecular weight excluding hydrogens is 252 g/mol. The van der Waals surface area contributed by atoms with Crippen LogP contribution in [-0.2, 0) is 4.74 Å². The first-order valence-electron chi connectivity index (χ1n) is 7.60. The molecular formula is C16H26N2O2. The van der Waals surface area contributed by atoms with Crippen molar-refractivity contribution in [3.05, 3.63) is 24.0 Å². The van der Waals surface area contributed by atoms with Crippen LogP contribution in [0.1, 0.15) is 44.7 Å². The zero-order chi connectivity index (χ0) is 14.4. The summed E-state index contributed by atoms with van der Waals surface area (Å²) in [4.78, 5) is 4.26. The molecule has 1 N–H and O–H groups in total. The normalized spacial score (nSPS) is 23.1. The minimum atomic E-state index is 0.357. The lowest BCUT2D eigenvalue weighted by Crippen LogP contribution is -2.34. The van der Waals surface area contributed by atoms with Gasteiger partial charge in [-0.25, -0.2) is 0 Å². The predicted molar refractivity (Wildman–Crippen MR) is 80.0 cm³/mol. The molecule has 4 nitrogen and oxygen atoms in total. The van der Waals surface area contributed by atoms with Crippen molar-refractivity contribution in [2.45, 2.75) is 45.3 Å². The third-order valence-electron chi connectivity index (χ3n) is 3.99. The van der Waals surface area contributed by atoms with Crippen LogP contribution in [0.4, 0.5) is 0 Å². The van der Waals surface area contributed by atoms with Gasteiger partial charge in [0, 0.05) is 18.8 Å². The Labute approximate surface area is 121 Å². The molecule has 1 fully saturated rings. The van der Waals surface area contributed by atoms with Crippen LogP contribution < -0.4 is 10.1 Å². The van der Waals surface area contributed by atoms with Crippen molar-refractivity contribution in [3.8, 4) is 5.75 Å². The van der Waals surface area contributed by atoms with E-state index >= 15 is 0 Å². The Morgan fingerprint density at radius 2 is 2.15 bits per heavy atom. The van der Waals surface area contributed by atoms with E-state index in [2.05, 4.69) is 30.2 Å². The first kappa shape index (κ1) is 15.3. The van der Waals surface area contributed by atoms with E-state index in [9.17, 15) is 0 Å². The van der Waals surface area contributed by atoms with E-state index in [0.29, 0.717) is 12.1 Å². The Hall–Kier alpha value is -1.13. The SMILES string of the molecule is CCNC(CC1CC(OCC)C1)c1cncc(OC)c1. The molecule has 0 spiro atoms. The molecule has 4 heteroatoms. The Morgan fingerprint density at radius 3 is 2.80 bits per heavy atom. The van der Waals surface area contributed by atoms with Crippen LogP contribution in [0.2, 0.25) is 0 Å². The number of hydrogen-bond acceptors (Lipinski definition) is 4. The topological polar surface area (TPSA) is 43.4 Å². The standard InChI is InChI=1S/C16H26N2O2/c1-4-18-16(8-12-6-14(7-12)20-5-2)13-9-15(19-3)11-17-10-13/h9-12,14,16,18H,4-8H2,1-3H3. The molecule has 0 amide bonds. The zero-order valence-electron chi connectivity index (χ0n) is 12.8. The van der Waals surface area contributed by atoms with Gasteiger partial charge >= 0.3 is 0 Å². The highest BCUT2D eigenvalue weighted by atomic mass is 16.5. The van der Waals surface area contributed by atoms with Gasteiger partial charge in [0.2, 0.25) is 0 Å². The molecule has 1 unspecified atom stereocenters.